The quantitative estimate of drug-likeness (QED) is 0.166. The number of carboxylic acid groups (broad SMARTS) is 1. The Morgan fingerprint density at radius 3 is 1.93 bits per heavy atom. The third-order valence-electron chi connectivity index (χ3n) is 4.15. The number of carbonyl (C=O) groups is 4. The van der Waals surface area contributed by atoms with Gasteiger partial charge in [0.2, 0.25) is 17.7 Å². The van der Waals surface area contributed by atoms with Gasteiger partial charge in [0.25, 0.3) is 0 Å². The van der Waals surface area contributed by atoms with Gasteiger partial charge in [-0.3, -0.25) is 14.4 Å². The molecule has 0 aromatic heterocycles. The van der Waals surface area contributed by atoms with Crippen LogP contribution in [0.5, 0.6) is 0 Å². The van der Waals surface area contributed by atoms with Crippen LogP contribution in [-0.4, -0.2) is 71.2 Å². The number of hydrogen-bond acceptors (Lipinski definition) is 7. The van der Waals surface area contributed by atoms with E-state index in [0.29, 0.717) is 19.4 Å². The first-order chi connectivity index (χ1) is 13.0. The van der Waals surface area contributed by atoms with Gasteiger partial charge in [-0.2, -0.15) is 0 Å². The molecule has 0 saturated heterocycles. The van der Waals surface area contributed by atoms with E-state index < -0.39 is 54.5 Å². The Morgan fingerprint density at radius 1 is 0.893 bits per heavy atom. The number of rotatable bonds is 13. The largest absolute Gasteiger partial charge is 0.480 e. The molecule has 0 radical (unpaired) electrons. The van der Waals surface area contributed by atoms with E-state index in [1.807, 2.05) is 0 Å². The smallest absolute Gasteiger partial charge is 0.326 e. The minimum absolute atomic E-state index is 0.167. The highest BCUT2D eigenvalue weighted by Gasteiger charge is 2.28. The van der Waals surface area contributed by atoms with E-state index in [0.717, 1.165) is 0 Å². The van der Waals surface area contributed by atoms with Crippen LogP contribution in [0, 0.1) is 5.92 Å². The fourth-order valence-electron chi connectivity index (χ4n) is 2.19. The first-order valence-electron chi connectivity index (χ1n) is 9.25. The van der Waals surface area contributed by atoms with E-state index in [2.05, 4.69) is 16.0 Å². The van der Waals surface area contributed by atoms with Gasteiger partial charge in [0, 0.05) is 0 Å². The number of amides is 3. The third-order valence-corrected chi connectivity index (χ3v) is 4.15. The fraction of sp³-hybridized carbons (Fsp3) is 0.765. The summed E-state index contributed by atoms with van der Waals surface area (Å²) in [5, 5.41) is 25.5. The maximum atomic E-state index is 12.2. The van der Waals surface area contributed by atoms with E-state index in [1.54, 1.807) is 13.8 Å². The normalized spacial score (nSPS) is 15.2. The Kier molecular flexibility index (Phi) is 12.0. The van der Waals surface area contributed by atoms with Crippen molar-refractivity contribution in [3.63, 3.8) is 0 Å². The molecule has 0 rings (SSSR count). The highest BCUT2D eigenvalue weighted by Crippen LogP contribution is 2.02. The minimum Gasteiger partial charge on any atom is -0.480 e. The van der Waals surface area contributed by atoms with Gasteiger partial charge >= 0.3 is 5.97 Å². The average molecular weight is 403 g/mol. The monoisotopic (exact) mass is 403 g/mol. The molecular weight excluding hydrogens is 370 g/mol. The van der Waals surface area contributed by atoms with Crippen LogP contribution in [0.1, 0.15) is 40.0 Å². The predicted octanol–water partition coefficient (Wildman–Crippen LogP) is -2.35. The Labute approximate surface area is 164 Å². The van der Waals surface area contributed by atoms with E-state index in [-0.39, 0.29) is 12.3 Å². The first kappa shape index (κ1) is 25.8. The summed E-state index contributed by atoms with van der Waals surface area (Å²) in [5.41, 5.74) is 11.1. The molecule has 0 saturated carbocycles. The van der Waals surface area contributed by atoms with Crippen molar-refractivity contribution < 1.29 is 29.4 Å². The zero-order chi connectivity index (χ0) is 21.9. The highest BCUT2D eigenvalue weighted by atomic mass is 16.4. The molecule has 0 aromatic rings. The molecule has 162 valence electrons. The average Bonchev–Trinajstić information content (AvgIpc) is 2.63. The van der Waals surface area contributed by atoms with Gasteiger partial charge in [-0.1, -0.05) is 13.8 Å². The molecule has 9 N–H and O–H groups in total. The second kappa shape index (κ2) is 13.0. The standard InChI is InChI=1S/C17H33N5O6/c1-9(2)13(19)16(26)22-12(8-23)15(25)20-10(3)14(24)21-11(17(27)28)6-4-5-7-18/h9-13,23H,4-8,18-19H2,1-3H3,(H,20,25)(H,21,24)(H,22,26)(H,27,28). The van der Waals surface area contributed by atoms with Crippen LogP contribution in [0.3, 0.4) is 0 Å². The van der Waals surface area contributed by atoms with Crippen molar-refractivity contribution in [2.24, 2.45) is 17.4 Å². The van der Waals surface area contributed by atoms with Crippen LogP contribution < -0.4 is 27.4 Å². The van der Waals surface area contributed by atoms with Crippen molar-refractivity contribution in [2.75, 3.05) is 13.2 Å². The molecule has 3 amide bonds. The lowest BCUT2D eigenvalue weighted by molar-refractivity contribution is -0.142. The topological polar surface area (TPSA) is 197 Å². The van der Waals surface area contributed by atoms with E-state index in [4.69, 9.17) is 11.5 Å². The van der Waals surface area contributed by atoms with Gasteiger partial charge in [0.1, 0.15) is 18.1 Å². The van der Waals surface area contributed by atoms with Crippen molar-refractivity contribution in [3.05, 3.63) is 0 Å². The molecule has 0 heterocycles. The number of aliphatic hydroxyl groups is 1. The van der Waals surface area contributed by atoms with Gasteiger partial charge in [-0.15, -0.1) is 0 Å². The van der Waals surface area contributed by atoms with Crippen LogP contribution in [0.15, 0.2) is 0 Å². The number of unbranched alkanes of at least 4 members (excludes halogenated alkanes) is 1. The number of carbonyl (C=O) groups excluding carboxylic acids is 3. The summed E-state index contributed by atoms with van der Waals surface area (Å²) < 4.78 is 0. The first-order valence-corrected chi connectivity index (χ1v) is 9.25. The van der Waals surface area contributed by atoms with Crippen molar-refractivity contribution in [1.82, 2.24) is 16.0 Å². The SMILES string of the molecule is CC(NC(=O)C(CO)NC(=O)C(N)C(C)C)C(=O)NC(CCCCN)C(=O)O. The van der Waals surface area contributed by atoms with Crippen LogP contribution in [0.25, 0.3) is 0 Å². The molecule has 0 aliphatic rings. The molecule has 0 aliphatic heterocycles. The molecule has 4 unspecified atom stereocenters. The molecule has 28 heavy (non-hydrogen) atoms. The fourth-order valence-corrected chi connectivity index (χ4v) is 2.19. The summed E-state index contributed by atoms with van der Waals surface area (Å²) in [5.74, 6) is -3.45. The molecule has 0 spiro atoms. The molecule has 0 fully saturated rings. The summed E-state index contributed by atoms with van der Waals surface area (Å²) in [7, 11) is 0. The Bertz CT molecular complexity index is 542. The van der Waals surface area contributed by atoms with Gasteiger partial charge in [0.05, 0.1) is 12.6 Å². The molecular formula is C17H33N5O6. The van der Waals surface area contributed by atoms with E-state index in [1.165, 1.54) is 6.92 Å². The predicted molar refractivity (Wildman–Crippen MR) is 102 cm³/mol. The number of carboxylic acids is 1. The number of aliphatic carboxylic acids is 1. The minimum atomic E-state index is -1.28. The lowest BCUT2D eigenvalue weighted by Crippen LogP contribution is -2.57. The molecule has 0 aromatic carbocycles. The van der Waals surface area contributed by atoms with Crippen LogP contribution in [-0.2, 0) is 19.2 Å². The highest BCUT2D eigenvalue weighted by molar-refractivity contribution is 5.93. The van der Waals surface area contributed by atoms with E-state index in [9.17, 15) is 29.4 Å². The number of nitrogens with one attached hydrogen (secondary N) is 3. The molecule has 4 atom stereocenters. The van der Waals surface area contributed by atoms with Crippen molar-refractivity contribution in [1.29, 1.82) is 0 Å². The zero-order valence-electron chi connectivity index (χ0n) is 16.6. The van der Waals surface area contributed by atoms with Crippen LogP contribution in [0.4, 0.5) is 0 Å². The molecule has 0 bridgehead atoms. The zero-order valence-corrected chi connectivity index (χ0v) is 16.6. The summed E-state index contributed by atoms with van der Waals surface area (Å²) in [6.45, 7) is 4.56. The summed E-state index contributed by atoms with van der Waals surface area (Å²) in [4.78, 5) is 47.6. The molecule has 0 aliphatic carbocycles. The maximum Gasteiger partial charge on any atom is 0.326 e. The summed E-state index contributed by atoms with van der Waals surface area (Å²) in [6.07, 6.45) is 1.37. The van der Waals surface area contributed by atoms with Gasteiger partial charge in [-0.05, 0) is 38.6 Å². The number of aliphatic hydroxyl groups excluding tert-OH is 1. The molecule has 11 nitrogen and oxygen atoms in total. The second-order valence-electron chi connectivity index (χ2n) is 6.93. The summed E-state index contributed by atoms with van der Waals surface area (Å²) >= 11 is 0. The van der Waals surface area contributed by atoms with Gasteiger partial charge in [0.15, 0.2) is 0 Å². The molecule has 11 heteroatoms. The Morgan fingerprint density at radius 2 is 1.46 bits per heavy atom. The lowest BCUT2D eigenvalue weighted by atomic mass is 10.0. The second-order valence-corrected chi connectivity index (χ2v) is 6.93. The summed E-state index contributed by atoms with van der Waals surface area (Å²) in [6, 6.07) is -4.32. The van der Waals surface area contributed by atoms with Crippen molar-refractivity contribution in [3.8, 4) is 0 Å². The lowest BCUT2D eigenvalue weighted by Gasteiger charge is -2.23. The Balaban J connectivity index is 4.76. The van der Waals surface area contributed by atoms with Crippen LogP contribution >= 0.6 is 0 Å². The maximum absolute atomic E-state index is 12.2. The Hall–Kier alpha value is -2.24. The van der Waals surface area contributed by atoms with Crippen molar-refractivity contribution in [2.45, 2.75) is 64.2 Å². The third kappa shape index (κ3) is 9.11. The van der Waals surface area contributed by atoms with Crippen molar-refractivity contribution >= 4 is 23.7 Å². The van der Waals surface area contributed by atoms with Crippen LogP contribution in [0.2, 0.25) is 0 Å². The van der Waals surface area contributed by atoms with Gasteiger partial charge in [-0.25, -0.2) is 4.79 Å². The van der Waals surface area contributed by atoms with E-state index >= 15 is 0 Å². The number of hydrogen-bond donors (Lipinski definition) is 7. The van der Waals surface area contributed by atoms with Gasteiger partial charge < -0.3 is 37.6 Å². The number of nitrogens with two attached hydrogens (primary N) is 2.